The van der Waals surface area contributed by atoms with Gasteiger partial charge < -0.3 is 19.9 Å². The van der Waals surface area contributed by atoms with E-state index in [9.17, 15) is 14.7 Å². The van der Waals surface area contributed by atoms with Crippen LogP contribution >= 0.6 is 68.4 Å². The van der Waals surface area contributed by atoms with Crippen molar-refractivity contribution in [3.8, 4) is 5.75 Å². The molecule has 0 spiro atoms. The minimum absolute atomic E-state index is 0.0944. The molecule has 0 saturated carbocycles. The standard InChI is InChI=1S/C21H21Cl2I2NO5/c1-21(2,3)31-20(29)26-17(19(27)28)9-11-7-15(24)18(16(25)8-11)30-10-12-13(22)5-4-6-14(12)23/h4-8,17H,9-10H2,1-3H3,(H,26,29)(H,27,28)/t17-/m0/s1. The molecule has 1 atom stereocenters. The van der Waals surface area contributed by atoms with E-state index in [1.165, 1.54) is 0 Å². The number of benzene rings is 2. The topological polar surface area (TPSA) is 84.9 Å². The summed E-state index contributed by atoms with van der Waals surface area (Å²) in [6, 6.07) is 7.76. The molecule has 0 saturated heterocycles. The number of hydrogen-bond acceptors (Lipinski definition) is 4. The van der Waals surface area contributed by atoms with Crippen molar-refractivity contribution in [2.45, 2.75) is 45.4 Å². The Labute approximate surface area is 218 Å². The molecule has 2 aromatic rings. The highest BCUT2D eigenvalue weighted by Gasteiger charge is 2.25. The molecule has 168 valence electrons. The number of ether oxygens (including phenoxy) is 2. The summed E-state index contributed by atoms with van der Waals surface area (Å²) >= 11 is 16.6. The molecule has 31 heavy (non-hydrogen) atoms. The van der Waals surface area contributed by atoms with E-state index < -0.39 is 23.7 Å². The van der Waals surface area contributed by atoms with Crippen LogP contribution < -0.4 is 10.1 Å². The van der Waals surface area contributed by atoms with Crippen LogP contribution in [0.4, 0.5) is 4.79 Å². The van der Waals surface area contributed by atoms with E-state index in [4.69, 9.17) is 32.7 Å². The minimum atomic E-state index is -1.15. The largest absolute Gasteiger partial charge is 0.487 e. The molecule has 0 fully saturated rings. The first-order valence-electron chi connectivity index (χ1n) is 9.13. The molecule has 0 heterocycles. The Hall–Kier alpha value is -0.980. The van der Waals surface area contributed by atoms with E-state index in [0.717, 1.165) is 12.7 Å². The van der Waals surface area contributed by atoms with Gasteiger partial charge in [-0.2, -0.15) is 0 Å². The summed E-state index contributed by atoms with van der Waals surface area (Å²) in [5.41, 5.74) is 0.705. The monoisotopic (exact) mass is 691 g/mol. The molecule has 2 rings (SSSR count). The van der Waals surface area contributed by atoms with E-state index in [0.29, 0.717) is 21.4 Å². The molecule has 1 amide bonds. The van der Waals surface area contributed by atoms with Gasteiger partial charge in [-0.25, -0.2) is 9.59 Å². The minimum Gasteiger partial charge on any atom is -0.487 e. The van der Waals surface area contributed by atoms with E-state index in [1.54, 1.807) is 39.0 Å². The Morgan fingerprint density at radius 3 is 2.16 bits per heavy atom. The highest BCUT2D eigenvalue weighted by Crippen LogP contribution is 2.32. The summed E-state index contributed by atoms with van der Waals surface area (Å²) in [5.74, 6) is -0.502. The van der Waals surface area contributed by atoms with Crippen molar-refractivity contribution in [1.82, 2.24) is 5.32 Å². The SMILES string of the molecule is CC(C)(C)OC(=O)N[C@@H](Cc1cc(I)c(OCc2c(Cl)cccc2Cl)c(I)c1)C(=O)O. The maximum atomic E-state index is 12.0. The van der Waals surface area contributed by atoms with Crippen LogP contribution in [0.25, 0.3) is 0 Å². The lowest BCUT2D eigenvalue weighted by atomic mass is 10.1. The first kappa shape index (κ1) is 26.3. The third kappa shape index (κ3) is 8.14. The van der Waals surface area contributed by atoms with Crippen LogP contribution in [-0.2, 0) is 22.6 Å². The van der Waals surface area contributed by atoms with Crippen LogP contribution in [0.1, 0.15) is 31.9 Å². The van der Waals surface area contributed by atoms with Crippen molar-refractivity contribution < 1.29 is 24.2 Å². The predicted octanol–water partition coefficient (Wildman–Crippen LogP) is 6.30. The molecule has 0 aromatic heterocycles. The molecule has 0 bridgehead atoms. The second-order valence-electron chi connectivity index (χ2n) is 7.62. The van der Waals surface area contributed by atoms with Gasteiger partial charge in [0.2, 0.25) is 0 Å². The summed E-state index contributed by atoms with van der Waals surface area (Å²) in [6.07, 6.45) is -0.683. The number of aliphatic carboxylic acids is 1. The number of carbonyl (C=O) groups is 2. The predicted molar refractivity (Wildman–Crippen MR) is 137 cm³/mol. The van der Waals surface area contributed by atoms with Gasteiger partial charge in [-0.05, 0) is 95.8 Å². The van der Waals surface area contributed by atoms with Gasteiger partial charge in [-0.1, -0.05) is 29.3 Å². The van der Waals surface area contributed by atoms with Crippen molar-refractivity contribution in [3.63, 3.8) is 0 Å². The van der Waals surface area contributed by atoms with Gasteiger partial charge in [0.1, 0.15) is 24.0 Å². The molecule has 0 aliphatic carbocycles. The fraction of sp³-hybridized carbons (Fsp3) is 0.333. The number of nitrogens with one attached hydrogen (secondary N) is 1. The smallest absolute Gasteiger partial charge is 0.408 e. The lowest BCUT2D eigenvalue weighted by Gasteiger charge is -2.22. The molecule has 0 unspecified atom stereocenters. The van der Waals surface area contributed by atoms with Gasteiger partial charge in [-0.15, -0.1) is 0 Å². The zero-order chi connectivity index (χ0) is 23.3. The van der Waals surface area contributed by atoms with Crippen molar-refractivity contribution in [1.29, 1.82) is 0 Å². The Morgan fingerprint density at radius 1 is 1.13 bits per heavy atom. The van der Waals surface area contributed by atoms with Gasteiger partial charge >= 0.3 is 12.1 Å². The van der Waals surface area contributed by atoms with Crippen LogP contribution in [0.5, 0.6) is 5.75 Å². The van der Waals surface area contributed by atoms with Crippen molar-refractivity contribution in [2.75, 3.05) is 0 Å². The van der Waals surface area contributed by atoms with Crippen molar-refractivity contribution in [2.24, 2.45) is 0 Å². The van der Waals surface area contributed by atoms with Crippen molar-refractivity contribution >= 4 is 80.4 Å². The number of rotatable bonds is 7. The normalized spacial score (nSPS) is 12.2. The van der Waals surface area contributed by atoms with Crippen LogP contribution in [0.15, 0.2) is 30.3 Å². The van der Waals surface area contributed by atoms with Gasteiger partial charge in [-0.3, -0.25) is 0 Å². The zero-order valence-electron chi connectivity index (χ0n) is 17.0. The van der Waals surface area contributed by atoms with E-state index >= 15 is 0 Å². The number of carbonyl (C=O) groups excluding carboxylic acids is 1. The first-order chi connectivity index (χ1) is 14.4. The molecule has 10 heteroatoms. The fourth-order valence-electron chi connectivity index (χ4n) is 2.57. The number of carboxylic acid groups (broad SMARTS) is 1. The summed E-state index contributed by atoms with van der Waals surface area (Å²) in [5, 5.41) is 13.0. The van der Waals surface area contributed by atoms with E-state index in [2.05, 4.69) is 50.5 Å². The first-order valence-corrected chi connectivity index (χ1v) is 12.0. The van der Waals surface area contributed by atoms with E-state index in [-0.39, 0.29) is 13.0 Å². The lowest BCUT2D eigenvalue weighted by molar-refractivity contribution is -0.139. The highest BCUT2D eigenvalue weighted by molar-refractivity contribution is 14.1. The number of halogens is 4. The van der Waals surface area contributed by atoms with Gasteiger partial charge in [0.05, 0.1) is 7.14 Å². The van der Waals surface area contributed by atoms with E-state index in [1.807, 2.05) is 12.1 Å². The molecule has 0 radical (unpaired) electrons. The van der Waals surface area contributed by atoms with Crippen LogP contribution in [0, 0.1) is 7.14 Å². The van der Waals surface area contributed by atoms with Crippen molar-refractivity contribution in [3.05, 3.63) is 58.6 Å². The summed E-state index contributed by atoms with van der Waals surface area (Å²) in [7, 11) is 0. The second-order valence-corrected chi connectivity index (χ2v) is 10.8. The third-order valence-electron chi connectivity index (χ3n) is 3.91. The molecular formula is C21H21Cl2I2NO5. The summed E-state index contributed by atoms with van der Waals surface area (Å²) in [6.45, 7) is 5.33. The average molecular weight is 692 g/mol. The number of amides is 1. The van der Waals surface area contributed by atoms with Crippen LogP contribution in [-0.4, -0.2) is 28.8 Å². The molecule has 2 N–H and O–H groups in total. The number of alkyl carbamates (subject to hydrolysis) is 1. The quantitative estimate of drug-likeness (QED) is 0.333. The van der Waals surface area contributed by atoms with Gasteiger partial charge in [0.25, 0.3) is 0 Å². The highest BCUT2D eigenvalue weighted by atomic mass is 127. The van der Waals surface area contributed by atoms with Crippen LogP contribution in [0.3, 0.4) is 0 Å². The zero-order valence-corrected chi connectivity index (χ0v) is 22.8. The fourth-order valence-corrected chi connectivity index (χ4v) is 5.28. The van der Waals surface area contributed by atoms with Crippen LogP contribution in [0.2, 0.25) is 10.0 Å². The molecule has 2 aromatic carbocycles. The molecule has 6 nitrogen and oxygen atoms in total. The average Bonchev–Trinajstić information content (AvgIpc) is 2.60. The molecular weight excluding hydrogens is 671 g/mol. The lowest BCUT2D eigenvalue weighted by Crippen LogP contribution is -2.44. The summed E-state index contributed by atoms with van der Waals surface area (Å²) in [4.78, 5) is 23.6. The molecule has 0 aliphatic heterocycles. The second kappa shape index (κ2) is 11.2. The van der Waals surface area contributed by atoms with Gasteiger partial charge in [0.15, 0.2) is 0 Å². The summed E-state index contributed by atoms with van der Waals surface area (Å²) < 4.78 is 12.7. The maximum absolute atomic E-state index is 12.0. The Balaban J connectivity index is 2.14. The number of hydrogen-bond donors (Lipinski definition) is 2. The molecule has 0 aliphatic rings. The maximum Gasteiger partial charge on any atom is 0.408 e. The Morgan fingerprint density at radius 2 is 1.68 bits per heavy atom. The third-order valence-corrected chi connectivity index (χ3v) is 6.22. The number of carboxylic acids is 1. The van der Waals surface area contributed by atoms with Gasteiger partial charge in [0, 0.05) is 22.0 Å². The Bertz CT molecular complexity index is 935. The Kier molecular flexibility index (Phi) is 9.53.